The summed E-state index contributed by atoms with van der Waals surface area (Å²) in [6.07, 6.45) is 4.84. The molecular weight excluding hydrogens is 490 g/mol. The van der Waals surface area contributed by atoms with E-state index in [4.69, 9.17) is 19.7 Å². The first kappa shape index (κ1) is 24.7. The Morgan fingerprint density at radius 3 is 2.64 bits per heavy atom. The minimum Gasteiger partial charge on any atom is -0.481 e. The normalized spacial score (nSPS) is 14.4. The Morgan fingerprint density at radius 2 is 1.87 bits per heavy atom. The van der Waals surface area contributed by atoms with Crippen LogP contribution in [0.15, 0.2) is 67.0 Å². The molecule has 5 aromatic rings. The van der Waals surface area contributed by atoms with E-state index in [0.717, 1.165) is 67.1 Å². The summed E-state index contributed by atoms with van der Waals surface area (Å²) < 4.78 is 5.18. The van der Waals surface area contributed by atoms with Crippen LogP contribution in [0, 0.1) is 6.92 Å². The van der Waals surface area contributed by atoms with Crippen molar-refractivity contribution in [1.82, 2.24) is 35.0 Å². The Morgan fingerprint density at radius 1 is 0.949 bits per heavy atom. The lowest BCUT2D eigenvalue weighted by Crippen LogP contribution is -2.30. The fourth-order valence-electron chi connectivity index (χ4n) is 4.85. The Kier molecular flexibility index (Phi) is 7.01. The number of nitrogens with zero attached hydrogens (tertiary/aromatic N) is 7. The van der Waals surface area contributed by atoms with Crippen LogP contribution in [-0.2, 0) is 6.54 Å². The molecule has 10 nitrogen and oxygen atoms in total. The minimum absolute atomic E-state index is 0.623. The highest BCUT2D eigenvalue weighted by Crippen LogP contribution is 2.27. The van der Waals surface area contributed by atoms with Crippen LogP contribution >= 0.6 is 0 Å². The van der Waals surface area contributed by atoms with Crippen LogP contribution < -0.4 is 15.0 Å². The molecule has 0 atom stereocenters. The summed E-state index contributed by atoms with van der Waals surface area (Å²) in [6.45, 7) is 6.73. The number of ether oxygens (including phenoxy) is 1. The number of anilines is 3. The maximum atomic E-state index is 5.18. The second kappa shape index (κ2) is 11.0. The van der Waals surface area contributed by atoms with E-state index in [9.17, 15) is 0 Å². The predicted molar refractivity (Wildman–Crippen MR) is 152 cm³/mol. The molecule has 39 heavy (non-hydrogen) atoms. The molecule has 1 aliphatic heterocycles. The number of aryl methyl sites for hydroxylation is 1. The van der Waals surface area contributed by atoms with Gasteiger partial charge in [0.25, 0.3) is 0 Å². The molecule has 198 valence electrons. The number of hydrogen-bond acceptors (Lipinski definition) is 9. The van der Waals surface area contributed by atoms with Gasteiger partial charge in [-0.2, -0.15) is 5.10 Å². The molecule has 0 aliphatic carbocycles. The Balaban J connectivity index is 1.17. The van der Waals surface area contributed by atoms with Gasteiger partial charge in [-0.25, -0.2) is 19.9 Å². The molecule has 2 N–H and O–H groups in total. The maximum absolute atomic E-state index is 5.18. The molecule has 0 amide bonds. The summed E-state index contributed by atoms with van der Waals surface area (Å²) in [6, 6.07) is 18.0. The van der Waals surface area contributed by atoms with Crippen LogP contribution in [0.2, 0.25) is 0 Å². The van der Waals surface area contributed by atoms with E-state index in [-0.39, 0.29) is 0 Å². The van der Waals surface area contributed by atoms with Gasteiger partial charge >= 0.3 is 0 Å². The van der Waals surface area contributed by atoms with Gasteiger partial charge in [0.05, 0.1) is 12.6 Å². The minimum atomic E-state index is 0.623. The number of aromatic amines is 1. The van der Waals surface area contributed by atoms with Gasteiger partial charge in [-0.05, 0) is 43.2 Å². The lowest BCUT2D eigenvalue weighted by Gasteiger charge is -2.23. The largest absolute Gasteiger partial charge is 0.481 e. The molecule has 5 heterocycles. The van der Waals surface area contributed by atoms with Gasteiger partial charge < -0.3 is 15.0 Å². The van der Waals surface area contributed by atoms with Crippen LogP contribution in [0.4, 0.5) is 17.5 Å². The number of hydrogen-bond donors (Lipinski definition) is 2. The Labute approximate surface area is 227 Å². The van der Waals surface area contributed by atoms with Crippen molar-refractivity contribution >= 4 is 28.4 Å². The third kappa shape index (κ3) is 5.65. The zero-order valence-corrected chi connectivity index (χ0v) is 22.1. The highest BCUT2D eigenvalue weighted by Gasteiger charge is 2.17. The molecule has 0 bridgehead atoms. The molecular formula is C29H31N9O. The quantitative estimate of drug-likeness (QED) is 0.318. The monoisotopic (exact) mass is 521 g/mol. The van der Waals surface area contributed by atoms with Gasteiger partial charge in [-0.15, -0.1) is 0 Å². The topological polar surface area (TPSA) is 108 Å². The predicted octanol–water partition coefficient (Wildman–Crippen LogP) is 4.58. The van der Waals surface area contributed by atoms with E-state index in [1.54, 1.807) is 7.11 Å². The van der Waals surface area contributed by atoms with Crippen LogP contribution in [0.5, 0.6) is 5.88 Å². The molecule has 0 unspecified atom stereocenters. The van der Waals surface area contributed by atoms with Gasteiger partial charge in [-0.3, -0.25) is 10.00 Å². The number of para-hydroxylation sites is 1. The third-order valence-corrected chi connectivity index (χ3v) is 6.89. The van der Waals surface area contributed by atoms with E-state index < -0.39 is 0 Å². The highest BCUT2D eigenvalue weighted by molar-refractivity contribution is 5.91. The number of aromatic nitrogens is 6. The van der Waals surface area contributed by atoms with Crippen molar-refractivity contribution in [2.45, 2.75) is 19.9 Å². The summed E-state index contributed by atoms with van der Waals surface area (Å²) in [5, 5.41) is 11.5. The summed E-state index contributed by atoms with van der Waals surface area (Å²) in [5.74, 6) is 3.67. The van der Waals surface area contributed by atoms with Crippen LogP contribution in [0.25, 0.3) is 22.3 Å². The zero-order valence-electron chi connectivity index (χ0n) is 22.1. The van der Waals surface area contributed by atoms with E-state index in [1.807, 2.05) is 55.7 Å². The van der Waals surface area contributed by atoms with Crippen molar-refractivity contribution in [2.24, 2.45) is 0 Å². The van der Waals surface area contributed by atoms with E-state index in [2.05, 4.69) is 48.5 Å². The average Bonchev–Trinajstić information content (AvgIpc) is 3.24. The SMILES string of the molecule is COc1ccc(CN2CCCN(c3ccc(-c4nc(Nc5cc(C)[nH]n5)c5ccccc5n4)cn3)CC2)cn1. The van der Waals surface area contributed by atoms with Crippen LogP contribution in [0.3, 0.4) is 0 Å². The second-order valence-corrected chi connectivity index (χ2v) is 9.70. The molecule has 1 aromatic carbocycles. The van der Waals surface area contributed by atoms with Crippen LogP contribution in [0.1, 0.15) is 17.7 Å². The lowest BCUT2D eigenvalue weighted by molar-refractivity contribution is 0.285. The fourth-order valence-corrected chi connectivity index (χ4v) is 4.85. The molecule has 0 radical (unpaired) electrons. The van der Waals surface area contributed by atoms with E-state index in [0.29, 0.717) is 23.3 Å². The molecule has 1 fully saturated rings. The number of H-pyrrole nitrogens is 1. The van der Waals surface area contributed by atoms with Crippen molar-refractivity contribution in [3.05, 3.63) is 78.2 Å². The number of fused-ring (bicyclic) bond motifs is 1. The Bertz CT molecular complexity index is 1550. The summed E-state index contributed by atoms with van der Waals surface area (Å²) in [7, 11) is 1.64. The molecule has 0 spiro atoms. The first-order valence-electron chi connectivity index (χ1n) is 13.1. The number of rotatable bonds is 7. The van der Waals surface area contributed by atoms with Gasteiger partial charge in [-0.1, -0.05) is 18.2 Å². The van der Waals surface area contributed by atoms with Crippen molar-refractivity contribution in [1.29, 1.82) is 0 Å². The molecule has 0 saturated carbocycles. The zero-order chi connectivity index (χ0) is 26.6. The van der Waals surface area contributed by atoms with E-state index >= 15 is 0 Å². The van der Waals surface area contributed by atoms with Crippen molar-refractivity contribution in [3.8, 4) is 17.3 Å². The maximum Gasteiger partial charge on any atom is 0.212 e. The van der Waals surface area contributed by atoms with Gasteiger partial charge in [0.1, 0.15) is 11.6 Å². The molecule has 1 aliphatic rings. The standard InChI is InChI=1S/C29H31N9O/c1-20-16-25(36-35-20)33-29-23-6-3-4-7-24(23)32-28(34-29)22-9-10-26(30-18-22)38-13-5-12-37(14-15-38)19-21-8-11-27(39-2)31-17-21/h3-4,6-11,16-18H,5,12-15,19H2,1-2H3,(H2,32,33,34,35,36). The number of methoxy groups -OCH3 is 1. The molecule has 1 saturated heterocycles. The summed E-state index contributed by atoms with van der Waals surface area (Å²) >= 11 is 0. The second-order valence-electron chi connectivity index (χ2n) is 9.70. The third-order valence-electron chi connectivity index (χ3n) is 6.89. The van der Waals surface area contributed by atoms with Gasteiger partial charge in [0.15, 0.2) is 11.6 Å². The lowest BCUT2D eigenvalue weighted by atomic mass is 10.2. The van der Waals surface area contributed by atoms with Crippen molar-refractivity contribution < 1.29 is 4.74 Å². The molecule has 6 rings (SSSR count). The van der Waals surface area contributed by atoms with Crippen molar-refractivity contribution in [2.75, 3.05) is 43.5 Å². The number of nitrogens with one attached hydrogen (secondary N) is 2. The first-order valence-corrected chi connectivity index (χ1v) is 13.1. The summed E-state index contributed by atoms with van der Waals surface area (Å²) in [5.41, 5.74) is 3.90. The van der Waals surface area contributed by atoms with Gasteiger partial charge in [0.2, 0.25) is 5.88 Å². The van der Waals surface area contributed by atoms with Gasteiger partial charge in [0, 0.05) is 73.9 Å². The average molecular weight is 522 g/mol. The smallest absolute Gasteiger partial charge is 0.212 e. The van der Waals surface area contributed by atoms with Crippen molar-refractivity contribution in [3.63, 3.8) is 0 Å². The molecule has 10 heteroatoms. The Hall–Kier alpha value is -4.57. The fraction of sp³-hybridized carbons (Fsp3) is 0.276. The van der Waals surface area contributed by atoms with Crippen LogP contribution in [-0.4, -0.2) is 68.3 Å². The summed E-state index contributed by atoms with van der Waals surface area (Å²) in [4.78, 5) is 23.6. The first-order chi connectivity index (χ1) is 19.1. The number of benzene rings is 1. The highest BCUT2D eigenvalue weighted by atomic mass is 16.5. The van der Waals surface area contributed by atoms with E-state index in [1.165, 1.54) is 5.56 Å². The molecule has 4 aromatic heterocycles. The number of pyridine rings is 2.